The van der Waals surface area contributed by atoms with Gasteiger partial charge in [0.25, 0.3) is 0 Å². The molecule has 12 heavy (non-hydrogen) atoms. The molecule has 0 aromatic carbocycles. The van der Waals surface area contributed by atoms with E-state index in [1.165, 1.54) is 12.1 Å². The van der Waals surface area contributed by atoms with E-state index in [-0.39, 0.29) is 0 Å². The molecule has 0 spiro atoms. The van der Waals surface area contributed by atoms with Gasteiger partial charge in [-0.25, -0.2) is 4.84 Å². The normalized spacial score (nSPS) is 10.3. The summed E-state index contributed by atoms with van der Waals surface area (Å²) in [5.41, 5.74) is 10.6. The molecule has 7 heteroatoms. The van der Waals surface area contributed by atoms with Gasteiger partial charge in [0.05, 0.1) is 12.4 Å². The minimum Gasteiger partial charge on any atom is -0.329 e. The van der Waals surface area contributed by atoms with E-state index in [1.807, 2.05) is 0 Å². The van der Waals surface area contributed by atoms with Crippen LogP contribution >= 0.6 is 0 Å². The first-order chi connectivity index (χ1) is 5.79. The zero-order chi connectivity index (χ0) is 9.40. The van der Waals surface area contributed by atoms with Crippen LogP contribution in [0, 0.1) is 4.91 Å². The topological polar surface area (TPSA) is 97.2 Å². The summed E-state index contributed by atoms with van der Waals surface area (Å²) in [6, 6.07) is 0. The number of nitroso groups, excluding NO2 is 1. The highest BCUT2D eigenvalue weighted by atomic mass is 16.8. The van der Waals surface area contributed by atoms with Crippen LogP contribution in [0.4, 0.5) is 0 Å². The van der Waals surface area contributed by atoms with E-state index in [4.69, 9.17) is 11.5 Å². The molecule has 0 fully saturated rings. The smallest absolute Gasteiger partial charge is 0.0964 e. The summed E-state index contributed by atoms with van der Waals surface area (Å²) < 4.78 is 0. The highest BCUT2D eigenvalue weighted by molar-refractivity contribution is 4.50. The minimum atomic E-state index is 0.412. The number of nitrogens with zero attached hydrogens (tertiary/aromatic N) is 3. The lowest BCUT2D eigenvalue weighted by Crippen LogP contribution is -2.43. The Labute approximate surface area is 71.1 Å². The zero-order valence-electron chi connectivity index (χ0n) is 7.14. The molecule has 0 aliphatic heterocycles. The van der Waals surface area contributed by atoms with Gasteiger partial charge in [-0.15, -0.1) is 4.91 Å². The van der Waals surface area contributed by atoms with E-state index in [1.54, 1.807) is 0 Å². The van der Waals surface area contributed by atoms with Crippen molar-refractivity contribution >= 4 is 0 Å². The van der Waals surface area contributed by atoms with Crippen molar-refractivity contribution in [3.8, 4) is 0 Å². The van der Waals surface area contributed by atoms with Crippen molar-refractivity contribution in [3.05, 3.63) is 4.91 Å². The van der Waals surface area contributed by atoms with Crippen LogP contribution in [-0.4, -0.2) is 43.6 Å². The van der Waals surface area contributed by atoms with Gasteiger partial charge in [0.2, 0.25) is 0 Å². The molecule has 4 N–H and O–H groups in total. The van der Waals surface area contributed by atoms with Crippen molar-refractivity contribution in [3.63, 3.8) is 0 Å². The summed E-state index contributed by atoms with van der Waals surface area (Å²) >= 11 is 0. The second kappa shape index (κ2) is 6.92. The van der Waals surface area contributed by atoms with Crippen molar-refractivity contribution in [2.24, 2.45) is 16.8 Å². The van der Waals surface area contributed by atoms with E-state index >= 15 is 0 Å². The largest absolute Gasteiger partial charge is 0.329 e. The fourth-order valence-electron chi connectivity index (χ4n) is 0.781. The van der Waals surface area contributed by atoms with Gasteiger partial charge in [0, 0.05) is 26.2 Å². The van der Waals surface area contributed by atoms with Gasteiger partial charge >= 0.3 is 0 Å². The van der Waals surface area contributed by atoms with Gasteiger partial charge in [0.1, 0.15) is 0 Å². The molecule has 0 heterocycles. The SMILES string of the molecule is CON(N=O)N(CCN)CCN. The third kappa shape index (κ3) is 3.58. The number of hydrazine groups is 1. The van der Waals surface area contributed by atoms with E-state index in [9.17, 15) is 4.91 Å². The average molecular weight is 177 g/mol. The molecule has 0 rings (SSSR count). The molecule has 0 aromatic rings. The Bertz CT molecular complexity index is 116. The summed E-state index contributed by atoms with van der Waals surface area (Å²) in [4.78, 5) is 14.8. The van der Waals surface area contributed by atoms with Crippen LogP contribution in [-0.2, 0) is 4.84 Å². The van der Waals surface area contributed by atoms with Crippen LogP contribution < -0.4 is 11.5 Å². The molecule has 0 aromatic heterocycles. The van der Waals surface area contributed by atoms with Crippen LogP contribution in [0.5, 0.6) is 0 Å². The molecule has 0 unspecified atom stereocenters. The number of rotatable bonds is 7. The first kappa shape index (κ1) is 11.2. The van der Waals surface area contributed by atoms with Gasteiger partial charge < -0.3 is 11.5 Å². The van der Waals surface area contributed by atoms with E-state index in [0.717, 1.165) is 5.28 Å². The van der Waals surface area contributed by atoms with Crippen LogP contribution in [0.2, 0.25) is 0 Å². The molecule has 0 bridgehead atoms. The predicted octanol–water partition coefficient (Wildman–Crippen LogP) is -1.33. The Balaban J connectivity index is 3.94. The summed E-state index contributed by atoms with van der Waals surface area (Å²) in [6.45, 7) is 1.79. The number of hydrogen-bond donors (Lipinski definition) is 2. The lowest BCUT2D eigenvalue weighted by Gasteiger charge is -2.25. The molecule has 0 radical (unpaired) electrons. The third-order valence-corrected chi connectivity index (χ3v) is 1.25. The van der Waals surface area contributed by atoms with Gasteiger partial charge in [-0.3, -0.25) is 0 Å². The maximum atomic E-state index is 10.2. The van der Waals surface area contributed by atoms with Crippen LogP contribution in [0.3, 0.4) is 0 Å². The zero-order valence-corrected chi connectivity index (χ0v) is 7.14. The maximum Gasteiger partial charge on any atom is 0.0964 e. The molecule has 0 atom stereocenters. The number of nitrogens with two attached hydrogens (primary N) is 2. The second-order valence-corrected chi connectivity index (χ2v) is 2.05. The fraction of sp³-hybridized carbons (Fsp3) is 1.00. The first-order valence-electron chi connectivity index (χ1n) is 3.62. The van der Waals surface area contributed by atoms with Gasteiger partial charge in [-0.05, 0) is 0 Å². The van der Waals surface area contributed by atoms with E-state index < -0.39 is 0 Å². The Morgan fingerprint density at radius 2 is 1.83 bits per heavy atom. The molecule has 72 valence electrons. The summed E-state index contributed by atoms with van der Waals surface area (Å²) in [6.07, 6.45) is 0. The molecule has 0 saturated heterocycles. The highest BCUT2D eigenvalue weighted by Gasteiger charge is 2.12. The fourth-order valence-corrected chi connectivity index (χ4v) is 0.781. The van der Waals surface area contributed by atoms with Gasteiger partial charge in [-0.1, -0.05) is 5.28 Å². The molecule has 0 aliphatic carbocycles. The van der Waals surface area contributed by atoms with Crippen LogP contribution in [0.25, 0.3) is 0 Å². The minimum absolute atomic E-state index is 0.412. The van der Waals surface area contributed by atoms with Crippen molar-refractivity contribution < 1.29 is 4.84 Å². The lowest BCUT2D eigenvalue weighted by atomic mass is 10.5. The summed E-state index contributed by atoms with van der Waals surface area (Å²) in [5.74, 6) is 0. The second-order valence-electron chi connectivity index (χ2n) is 2.05. The molecular formula is C5H15N5O2. The predicted molar refractivity (Wildman–Crippen MR) is 44.3 cm³/mol. The van der Waals surface area contributed by atoms with Crippen molar-refractivity contribution in [2.45, 2.75) is 0 Å². The summed E-state index contributed by atoms with van der Waals surface area (Å²) in [5, 5.41) is 4.97. The standard InChI is InChI=1S/C5H15N5O2/c1-12-10(8-11)9(4-2-6)5-3-7/h2-7H2,1H3. The van der Waals surface area contributed by atoms with Gasteiger partial charge in [-0.2, -0.15) is 5.01 Å². The monoisotopic (exact) mass is 177 g/mol. The van der Waals surface area contributed by atoms with E-state index in [2.05, 4.69) is 10.1 Å². The molecule has 0 aliphatic rings. The summed E-state index contributed by atoms with van der Waals surface area (Å²) in [7, 11) is 1.35. The first-order valence-corrected chi connectivity index (χ1v) is 3.62. The lowest BCUT2D eigenvalue weighted by molar-refractivity contribution is -0.268. The number of hydrogen-bond acceptors (Lipinski definition) is 6. The van der Waals surface area contributed by atoms with Crippen molar-refractivity contribution in [1.82, 2.24) is 10.3 Å². The third-order valence-electron chi connectivity index (χ3n) is 1.25. The molecular weight excluding hydrogens is 162 g/mol. The quantitative estimate of drug-likeness (QED) is 0.369. The van der Waals surface area contributed by atoms with Crippen molar-refractivity contribution in [2.75, 3.05) is 33.3 Å². The molecule has 7 nitrogen and oxygen atoms in total. The Morgan fingerprint density at radius 3 is 2.08 bits per heavy atom. The maximum absolute atomic E-state index is 10.2. The van der Waals surface area contributed by atoms with E-state index in [0.29, 0.717) is 26.2 Å². The highest BCUT2D eigenvalue weighted by Crippen LogP contribution is 1.96. The Kier molecular flexibility index (Phi) is 6.48. The molecule has 0 saturated carbocycles. The Hall–Kier alpha value is -0.760. The Morgan fingerprint density at radius 1 is 1.33 bits per heavy atom. The van der Waals surface area contributed by atoms with Crippen LogP contribution in [0.15, 0.2) is 5.29 Å². The van der Waals surface area contributed by atoms with Gasteiger partial charge in [0.15, 0.2) is 0 Å². The average Bonchev–Trinajstić information content (AvgIpc) is 2.07. The van der Waals surface area contributed by atoms with Crippen LogP contribution in [0.1, 0.15) is 0 Å². The van der Waals surface area contributed by atoms with Crippen molar-refractivity contribution in [1.29, 1.82) is 0 Å². The molecule has 0 amide bonds.